The quantitative estimate of drug-likeness (QED) is 0.185. The summed E-state index contributed by atoms with van der Waals surface area (Å²) in [6.45, 7) is 4.84. The Kier molecular flexibility index (Phi) is 12.3. The molecule has 0 spiro atoms. The Morgan fingerprint density at radius 3 is 2.44 bits per heavy atom. The minimum atomic E-state index is -4.46. The van der Waals surface area contributed by atoms with Crippen molar-refractivity contribution in [3.05, 3.63) is 48.2 Å². The van der Waals surface area contributed by atoms with Crippen molar-refractivity contribution >= 4 is 38.1 Å². The first kappa shape index (κ1) is 36.9. The molecule has 1 atom stereocenters. The molecule has 0 bridgehead atoms. The Balaban J connectivity index is 1.47. The van der Waals surface area contributed by atoms with E-state index in [0.29, 0.717) is 35.5 Å². The number of halogens is 3. The number of nitrogens with zero attached hydrogens (tertiary/aromatic N) is 2. The number of methoxy groups -OCH3 is 2. The number of alkyl halides is 3. The second-order valence-corrected chi connectivity index (χ2v) is 14.2. The van der Waals surface area contributed by atoms with Crippen molar-refractivity contribution in [2.75, 3.05) is 63.9 Å². The minimum Gasteiger partial charge on any atom is -0.495 e. The summed E-state index contributed by atoms with van der Waals surface area (Å²) in [5, 5.41) is 7.22. The third-order valence-electron chi connectivity index (χ3n) is 7.98. The normalized spacial score (nSPS) is 15.2. The average molecular weight is 693 g/mol. The fourth-order valence-electron chi connectivity index (χ4n) is 5.56. The fourth-order valence-corrected chi connectivity index (χ4v) is 6.20. The van der Waals surface area contributed by atoms with Gasteiger partial charge in [0.05, 0.1) is 48.0 Å². The fraction of sp³-hybridized carbons (Fsp3) is 0.500. The molecular weight excluding hydrogens is 649 g/mol. The molecule has 262 valence electrons. The molecule has 1 saturated heterocycles. The molecule has 0 saturated carbocycles. The number of piperidine rings is 1. The molecule has 0 amide bonds. The monoisotopic (exact) mass is 692 g/mol. The number of benzene rings is 2. The van der Waals surface area contributed by atoms with Crippen LogP contribution in [0.5, 0.6) is 5.75 Å². The highest BCUT2D eigenvalue weighted by Gasteiger charge is 2.30. The summed E-state index contributed by atoms with van der Waals surface area (Å²) in [6, 6.07) is 11.4. The second-order valence-electron chi connectivity index (χ2n) is 12.1. The van der Waals surface area contributed by atoms with Gasteiger partial charge in [-0.2, -0.15) is 13.2 Å². The number of fused-ring (bicyclic) bond motifs is 1. The summed E-state index contributed by atoms with van der Waals surface area (Å²) in [4.78, 5) is 14.5. The predicted octanol–water partition coefficient (Wildman–Crippen LogP) is 5.17. The highest BCUT2D eigenvalue weighted by atomic mass is 32.2. The maximum absolute atomic E-state index is 13.7. The lowest BCUT2D eigenvalue weighted by atomic mass is 10.0. The summed E-state index contributed by atoms with van der Waals surface area (Å²) in [5.41, 5.74) is 1.86. The van der Waals surface area contributed by atoms with E-state index in [0.717, 1.165) is 37.9 Å². The van der Waals surface area contributed by atoms with E-state index >= 15 is 0 Å². The maximum atomic E-state index is 13.7. The number of hydrogen-bond acceptors (Lipinski definition) is 9. The molecule has 10 nitrogen and oxygen atoms in total. The summed E-state index contributed by atoms with van der Waals surface area (Å²) < 4.78 is 82.2. The van der Waals surface area contributed by atoms with Crippen molar-refractivity contribution in [2.45, 2.75) is 56.5 Å². The molecule has 1 fully saturated rings. The smallest absolute Gasteiger partial charge is 0.406 e. The molecule has 0 aliphatic carbocycles. The molecular formula is C34H43F3N4O6S. The van der Waals surface area contributed by atoms with Gasteiger partial charge in [-0.15, -0.1) is 0 Å². The SMILES string of the molecule is COC[C@@H](CN1CCC(Nc2cccc3c2cc(C#CCNc2ccc(S(C)(=O)=O)cc2OC)n3CC(F)(F)F)CC1)OC(=O)C(C)C. The van der Waals surface area contributed by atoms with Crippen molar-refractivity contribution in [3.8, 4) is 17.6 Å². The average Bonchev–Trinajstić information content (AvgIpc) is 3.36. The Morgan fingerprint density at radius 2 is 1.81 bits per heavy atom. The van der Waals surface area contributed by atoms with Gasteiger partial charge in [0.2, 0.25) is 0 Å². The van der Waals surface area contributed by atoms with Crippen LogP contribution in [0.2, 0.25) is 0 Å². The number of hydrogen-bond donors (Lipinski definition) is 2. The predicted molar refractivity (Wildman–Crippen MR) is 179 cm³/mol. The highest BCUT2D eigenvalue weighted by molar-refractivity contribution is 7.90. The largest absolute Gasteiger partial charge is 0.495 e. The summed E-state index contributed by atoms with van der Waals surface area (Å²) in [7, 11) is -0.447. The highest BCUT2D eigenvalue weighted by Crippen LogP contribution is 2.32. The number of aromatic nitrogens is 1. The van der Waals surface area contributed by atoms with Crippen LogP contribution in [0.15, 0.2) is 47.4 Å². The molecule has 1 aromatic heterocycles. The molecule has 0 unspecified atom stereocenters. The van der Waals surface area contributed by atoms with E-state index in [1.807, 2.05) is 6.07 Å². The third-order valence-corrected chi connectivity index (χ3v) is 9.09. The van der Waals surface area contributed by atoms with Gasteiger partial charge in [0.1, 0.15) is 18.4 Å². The lowest BCUT2D eigenvalue weighted by molar-refractivity contribution is -0.156. The number of carbonyl (C=O) groups is 1. The lowest BCUT2D eigenvalue weighted by Crippen LogP contribution is -2.44. The number of ether oxygens (including phenoxy) is 3. The van der Waals surface area contributed by atoms with Gasteiger partial charge in [0.25, 0.3) is 0 Å². The standard InChI is InChI=1S/C34H43F3N4O6S/c1-23(2)33(42)47-26(21-45-3)20-40-16-13-24(14-17-40)39-29-9-6-10-31-28(29)18-25(41(31)22-34(35,36)37)8-7-15-38-30-12-11-27(48(5,43)44)19-32(30)46-4/h6,9-12,18-19,23-24,26,38-39H,13-17,20-22H2,1-5H3/t26-/m1/s1. The molecule has 14 heteroatoms. The van der Waals surface area contributed by atoms with Crippen molar-refractivity contribution in [1.82, 2.24) is 9.47 Å². The van der Waals surface area contributed by atoms with Gasteiger partial charge in [0, 0.05) is 56.2 Å². The summed E-state index contributed by atoms with van der Waals surface area (Å²) >= 11 is 0. The van der Waals surface area contributed by atoms with Gasteiger partial charge < -0.3 is 29.4 Å². The lowest BCUT2D eigenvalue weighted by Gasteiger charge is -2.34. The van der Waals surface area contributed by atoms with Gasteiger partial charge in [-0.1, -0.05) is 25.8 Å². The summed E-state index contributed by atoms with van der Waals surface area (Å²) in [6.07, 6.45) is -2.14. The molecule has 3 aromatic rings. The molecule has 1 aliphatic rings. The van der Waals surface area contributed by atoms with Crippen LogP contribution >= 0.6 is 0 Å². The zero-order valence-corrected chi connectivity index (χ0v) is 28.6. The summed E-state index contributed by atoms with van der Waals surface area (Å²) in [5.74, 6) is 5.59. The van der Waals surface area contributed by atoms with E-state index in [1.54, 1.807) is 45.2 Å². The molecule has 2 heterocycles. The zero-order chi connectivity index (χ0) is 35.1. The minimum absolute atomic E-state index is 0.0771. The molecule has 0 radical (unpaired) electrons. The van der Waals surface area contributed by atoms with E-state index in [-0.39, 0.29) is 41.2 Å². The maximum Gasteiger partial charge on any atom is 0.406 e. The Morgan fingerprint density at radius 1 is 1.08 bits per heavy atom. The third kappa shape index (κ3) is 10.0. The van der Waals surface area contributed by atoms with Gasteiger partial charge in [-0.05, 0) is 49.1 Å². The molecule has 2 aromatic carbocycles. The van der Waals surface area contributed by atoms with Gasteiger partial charge >= 0.3 is 12.1 Å². The molecule has 48 heavy (non-hydrogen) atoms. The number of carbonyl (C=O) groups excluding carboxylic acids is 1. The number of anilines is 2. The number of sulfone groups is 1. The van der Waals surface area contributed by atoms with Crippen LogP contribution < -0.4 is 15.4 Å². The van der Waals surface area contributed by atoms with E-state index in [1.165, 1.54) is 23.8 Å². The van der Waals surface area contributed by atoms with Crippen molar-refractivity contribution in [3.63, 3.8) is 0 Å². The zero-order valence-electron chi connectivity index (χ0n) is 27.8. The van der Waals surface area contributed by atoms with Crippen molar-refractivity contribution in [2.24, 2.45) is 5.92 Å². The van der Waals surface area contributed by atoms with Crippen LogP contribution in [0.1, 0.15) is 32.4 Å². The van der Waals surface area contributed by atoms with E-state index in [2.05, 4.69) is 27.4 Å². The number of rotatable bonds is 13. The first-order chi connectivity index (χ1) is 22.7. The number of likely N-dealkylation sites (tertiary alicyclic amines) is 1. The van der Waals surface area contributed by atoms with Crippen LogP contribution in [-0.4, -0.2) is 95.4 Å². The van der Waals surface area contributed by atoms with E-state index < -0.39 is 22.6 Å². The van der Waals surface area contributed by atoms with E-state index in [4.69, 9.17) is 14.2 Å². The molecule has 1 aliphatic heterocycles. The van der Waals surface area contributed by atoms with Gasteiger partial charge in [0.15, 0.2) is 9.84 Å². The number of nitrogens with one attached hydrogen (secondary N) is 2. The first-order valence-electron chi connectivity index (χ1n) is 15.7. The van der Waals surface area contributed by atoms with Gasteiger partial charge in [-0.3, -0.25) is 9.69 Å². The number of esters is 1. The Labute approximate surface area is 279 Å². The Hall–Kier alpha value is -3.93. The topological polar surface area (TPSA) is 111 Å². The van der Waals surface area contributed by atoms with Crippen LogP contribution in [0.25, 0.3) is 10.9 Å². The second kappa shape index (κ2) is 16.0. The van der Waals surface area contributed by atoms with Crippen molar-refractivity contribution < 1.29 is 40.6 Å². The van der Waals surface area contributed by atoms with Crippen LogP contribution in [0.3, 0.4) is 0 Å². The van der Waals surface area contributed by atoms with Crippen LogP contribution in [0, 0.1) is 17.8 Å². The molecule has 4 rings (SSSR count). The van der Waals surface area contributed by atoms with Crippen LogP contribution in [-0.2, 0) is 30.7 Å². The van der Waals surface area contributed by atoms with E-state index in [9.17, 15) is 26.4 Å². The Bertz CT molecular complexity index is 1740. The molecule has 2 N–H and O–H groups in total. The first-order valence-corrected chi connectivity index (χ1v) is 17.6. The van der Waals surface area contributed by atoms with Crippen LogP contribution in [0.4, 0.5) is 24.5 Å². The van der Waals surface area contributed by atoms with Crippen molar-refractivity contribution in [1.29, 1.82) is 0 Å². The van der Waals surface area contributed by atoms with Gasteiger partial charge in [-0.25, -0.2) is 8.42 Å².